The molecule has 1 fully saturated rings. The number of piperidine rings is 1. The molecule has 7 nitrogen and oxygen atoms in total. The third-order valence-corrected chi connectivity index (χ3v) is 4.58. The Labute approximate surface area is 157 Å². The van der Waals surface area contributed by atoms with E-state index in [4.69, 9.17) is 4.52 Å². The summed E-state index contributed by atoms with van der Waals surface area (Å²) in [6.07, 6.45) is 5.38. The van der Waals surface area contributed by atoms with Gasteiger partial charge in [-0.2, -0.15) is 0 Å². The summed E-state index contributed by atoms with van der Waals surface area (Å²) in [4.78, 5) is 23.4. The van der Waals surface area contributed by atoms with E-state index < -0.39 is 0 Å². The van der Waals surface area contributed by atoms with Gasteiger partial charge in [-0.1, -0.05) is 35.5 Å². The van der Waals surface area contributed by atoms with Crippen LogP contribution in [0.3, 0.4) is 0 Å². The number of hydrogen-bond acceptors (Lipinski definition) is 6. The summed E-state index contributed by atoms with van der Waals surface area (Å²) in [5, 5.41) is 6.66. The molecule has 7 heteroatoms. The lowest BCUT2D eigenvalue weighted by molar-refractivity contribution is 0.0941. The van der Waals surface area contributed by atoms with Gasteiger partial charge in [0.05, 0.1) is 6.54 Å². The predicted octanol–water partition coefficient (Wildman–Crippen LogP) is 3.05. The number of carbonyl (C=O) groups is 1. The van der Waals surface area contributed by atoms with Crippen molar-refractivity contribution in [2.75, 3.05) is 18.0 Å². The van der Waals surface area contributed by atoms with Crippen molar-refractivity contribution in [3.63, 3.8) is 0 Å². The van der Waals surface area contributed by atoms with Crippen molar-refractivity contribution in [1.82, 2.24) is 20.4 Å². The van der Waals surface area contributed by atoms with E-state index in [2.05, 4.69) is 25.3 Å². The highest BCUT2D eigenvalue weighted by Gasteiger charge is 2.15. The van der Waals surface area contributed by atoms with Crippen LogP contribution in [0.15, 0.2) is 53.2 Å². The molecular weight excluding hydrogens is 342 g/mol. The van der Waals surface area contributed by atoms with Crippen LogP contribution in [-0.4, -0.2) is 34.1 Å². The molecule has 4 rings (SSSR count). The second kappa shape index (κ2) is 7.99. The molecule has 1 N–H and O–H groups in total. The minimum atomic E-state index is -0.312. The Morgan fingerprint density at radius 3 is 2.74 bits per heavy atom. The van der Waals surface area contributed by atoms with Gasteiger partial charge in [0, 0.05) is 30.9 Å². The number of rotatable bonds is 5. The Balaban J connectivity index is 1.39. The largest absolute Gasteiger partial charge is 0.357 e. The molecule has 1 amide bonds. The fourth-order valence-corrected chi connectivity index (χ4v) is 3.14. The second-order valence-electron chi connectivity index (χ2n) is 6.50. The Bertz CT molecular complexity index is 904. The molecule has 0 aliphatic carbocycles. The van der Waals surface area contributed by atoms with Crippen LogP contribution in [0.4, 0.5) is 5.82 Å². The highest BCUT2D eigenvalue weighted by molar-refractivity contribution is 5.92. The Morgan fingerprint density at radius 2 is 1.93 bits per heavy atom. The van der Waals surface area contributed by atoms with Gasteiger partial charge in [0.2, 0.25) is 0 Å². The molecule has 0 unspecified atom stereocenters. The van der Waals surface area contributed by atoms with E-state index in [1.807, 2.05) is 36.4 Å². The van der Waals surface area contributed by atoms with Gasteiger partial charge in [0.15, 0.2) is 11.5 Å². The summed E-state index contributed by atoms with van der Waals surface area (Å²) >= 11 is 0. The maximum Gasteiger partial charge on any atom is 0.273 e. The molecule has 1 aromatic carbocycles. The average Bonchev–Trinajstić information content (AvgIpc) is 3.24. The van der Waals surface area contributed by atoms with Crippen LogP contribution >= 0.6 is 0 Å². The van der Waals surface area contributed by atoms with Gasteiger partial charge in [-0.15, -0.1) is 0 Å². The maximum absolute atomic E-state index is 12.3. The van der Waals surface area contributed by atoms with Crippen LogP contribution in [-0.2, 0) is 6.54 Å². The van der Waals surface area contributed by atoms with Crippen molar-refractivity contribution in [2.24, 2.45) is 0 Å². The Hall–Kier alpha value is -3.22. The molecule has 0 bridgehead atoms. The van der Waals surface area contributed by atoms with E-state index in [0.29, 0.717) is 11.6 Å². The summed E-state index contributed by atoms with van der Waals surface area (Å²) in [6, 6.07) is 13.1. The minimum Gasteiger partial charge on any atom is -0.357 e. The van der Waals surface area contributed by atoms with Gasteiger partial charge >= 0.3 is 0 Å². The first-order valence-electron chi connectivity index (χ1n) is 9.17. The van der Waals surface area contributed by atoms with Gasteiger partial charge in [-0.3, -0.25) is 4.79 Å². The fourth-order valence-electron chi connectivity index (χ4n) is 3.14. The maximum atomic E-state index is 12.3. The van der Waals surface area contributed by atoms with E-state index >= 15 is 0 Å². The first-order chi connectivity index (χ1) is 13.3. The lowest BCUT2D eigenvalue weighted by atomic mass is 10.1. The van der Waals surface area contributed by atoms with Crippen LogP contribution in [0, 0.1) is 0 Å². The first kappa shape index (κ1) is 17.2. The molecule has 138 valence electrons. The van der Waals surface area contributed by atoms with Crippen LogP contribution in [0.2, 0.25) is 0 Å². The average molecular weight is 363 g/mol. The molecule has 27 heavy (non-hydrogen) atoms. The van der Waals surface area contributed by atoms with Crippen LogP contribution < -0.4 is 10.2 Å². The normalized spacial score (nSPS) is 14.1. The Morgan fingerprint density at radius 1 is 1.11 bits per heavy atom. The zero-order chi connectivity index (χ0) is 18.5. The van der Waals surface area contributed by atoms with Gasteiger partial charge in [-0.25, -0.2) is 9.97 Å². The molecule has 2 aromatic heterocycles. The highest BCUT2D eigenvalue weighted by atomic mass is 16.5. The van der Waals surface area contributed by atoms with Crippen LogP contribution in [0.5, 0.6) is 0 Å². The van der Waals surface area contributed by atoms with Gasteiger partial charge in [0.1, 0.15) is 11.6 Å². The number of hydrogen-bond donors (Lipinski definition) is 1. The quantitative estimate of drug-likeness (QED) is 0.750. The topological polar surface area (TPSA) is 84.2 Å². The summed E-state index contributed by atoms with van der Waals surface area (Å²) < 4.78 is 5.27. The number of anilines is 1. The standard InChI is InChI=1S/C20H21N5O2/c26-20(16-13-17(27-24-16)15-7-3-1-4-8-15)22-14-18-21-10-9-19(23-18)25-11-5-2-6-12-25/h1,3-4,7-10,13H,2,5-6,11-12,14H2,(H,22,26). The summed E-state index contributed by atoms with van der Waals surface area (Å²) in [6.45, 7) is 2.28. The lowest BCUT2D eigenvalue weighted by Crippen LogP contribution is -2.31. The predicted molar refractivity (Wildman–Crippen MR) is 101 cm³/mol. The molecule has 0 saturated carbocycles. The number of amides is 1. The van der Waals surface area contributed by atoms with E-state index in [-0.39, 0.29) is 18.1 Å². The summed E-state index contributed by atoms with van der Waals surface area (Å²) in [7, 11) is 0. The molecule has 0 spiro atoms. The van der Waals surface area contributed by atoms with Crippen molar-refractivity contribution >= 4 is 11.7 Å². The van der Waals surface area contributed by atoms with Crippen LogP contribution in [0.1, 0.15) is 35.6 Å². The van der Waals surface area contributed by atoms with Crippen molar-refractivity contribution in [1.29, 1.82) is 0 Å². The van der Waals surface area contributed by atoms with Gasteiger partial charge < -0.3 is 14.7 Å². The number of benzene rings is 1. The van der Waals surface area contributed by atoms with Gasteiger partial charge in [-0.05, 0) is 25.3 Å². The van der Waals surface area contributed by atoms with Crippen molar-refractivity contribution in [3.8, 4) is 11.3 Å². The van der Waals surface area contributed by atoms with Crippen molar-refractivity contribution < 1.29 is 9.32 Å². The van der Waals surface area contributed by atoms with E-state index in [1.54, 1.807) is 12.3 Å². The minimum absolute atomic E-state index is 0.237. The molecular formula is C20H21N5O2. The second-order valence-corrected chi connectivity index (χ2v) is 6.50. The first-order valence-corrected chi connectivity index (χ1v) is 9.17. The summed E-state index contributed by atoms with van der Waals surface area (Å²) in [5.74, 6) is 1.75. The number of nitrogens with zero attached hydrogens (tertiary/aromatic N) is 4. The number of nitrogens with one attached hydrogen (secondary N) is 1. The molecule has 3 heterocycles. The molecule has 1 saturated heterocycles. The smallest absolute Gasteiger partial charge is 0.273 e. The lowest BCUT2D eigenvalue weighted by Gasteiger charge is -2.27. The molecule has 1 aliphatic heterocycles. The third-order valence-electron chi connectivity index (χ3n) is 4.58. The van der Waals surface area contributed by atoms with Crippen LogP contribution in [0.25, 0.3) is 11.3 Å². The van der Waals surface area contributed by atoms with E-state index in [9.17, 15) is 4.79 Å². The van der Waals surface area contributed by atoms with E-state index in [1.165, 1.54) is 19.3 Å². The zero-order valence-corrected chi connectivity index (χ0v) is 15.0. The third kappa shape index (κ3) is 4.13. The summed E-state index contributed by atoms with van der Waals surface area (Å²) in [5.41, 5.74) is 1.11. The number of aromatic nitrogens is 3. The molecule has 0 atom stereocenters. The highest BCUT2D eigenvalue weighted by Crippen LogP contribution is 2.20. The fraction of sp³-hybridized carbons (Fsp3) is 0.300. The zero-order valence-electron chi connectivity index (χ0n) is 15.0. The van der Waals surface area contributed by atoms with E-state index in [0.717, 1.165) is 24.5 Å². The molecule has 1 aliphatic rings. The number of carbonyl (C=O) groups excluding carboxylic acids is 1. The van der Waals surface area contributed by atoms with Gasteiger partial charge in [0.25, 0.3) is 5.91 Å². The Kier molecular flexibility index (Phi) is 5.09. The van der Waals surface area contributed by atoms with Crippen molar-refractivity contribution in [2.45, 2.75) is 25.8 Å². The SMILES string of the molecule is O=C(NCc1nccc(N2CCCCC2)n1)c1cc(-c2ccccc2)on1. The monoisotopic (exact) mass is 363 g/mol. The molecule has 0 radical (unpaired) electrons. The van der Waals surface area contributed by atoms with Crippen molar-refractivity contribution in [3.05, 3.63) is 60.2 Å². The molecule has 3 aromatic rings.